The van der Waals surface area contributed by atoms with Crippen LogP contribution in [0.15, 0.2) is 53.7 Å². The van der Waals surface area contributed by atoms with Crippen molar-refractivity contribution < 1.29 is 22.9 Å². The molecule has 1 aromatic heterocycles. The zero-order valence-electron chi connectivity index (χ0n) is 14.4. The molecular weight excluding hydrogens is 411 g/mol. The zero-order valence-corrected chi connectivity index (χ0v) is 15.3. The maximum absolute atomic E-state index is 13.2. The van der Waals surface area contributed by atoms with Gasteiger partial charge in [-0.15, -0.1) is 5.10 Å². The third-order valence-corrected chi connectivity index (χ3v) is 4.49. The highest BCUT2D eigenvalue weighted by Crippen LogP contribution is 2.37. The number of nitrogens with one attached hydrogen (secondary N) is 2. The maximum atomic E-state index is 13.2. The summed E-state index contributed by atoms with van der Waals surface area (Å²) in [5, 5.41) is 19.7. The molecule has 3 rings (SSSR count). The van der Waals surface area contributed by atoms with E-state index in [1.54, 1.807) is 0 Å². The Morgan fingerprint density at radius 1 is 1.21 bits per heavy atom. The molecule has 3 aromatic rings. The van der Waals surface area contributed by atoms with Crippen molar-refractivity contribution in [3.05, 3.63) is 64.2 Å². The van der Waals surface area contributed by atoms with Gasteiger partial charge in [0.2, 0.25) is 11.1 Å². The van der Waals surface area contributed by atoms with E-state index in [9.17, 15) is 28.1 Å². The number of nitro groups is 1. The number of aromatic amines is 1. The van der Waals surface area contributed by atoms with Crippen LogP contribution in [0, 0.1) is 10.1 Å². The van der Waals surface area contributed by atoms with Crippen molar-refractivity contribution in [2.45, 2.75) is 11.3 Å². The second kappa shape index (κ2) is 8.31. The quantitative estimate of drug-likeness (QED) is 0.350. The van der Waals surface area contributed by atoms with Crippen LogP contribution in [-0.2, 0) is 11.0 Å². The molecule has 12 heteroatoms. The van der Waals surface area contributed by atoms with E-state index in [0.717, 1.165) is 29.5 Å². The minimum Gasteiger partial charge on any atom is -0.325 e. The molecule has 0 aliphatic carbocycles. The number of carbonyl (C=O) groups excluding carboxylic acids is 1. The smallest absolute Gasteiger partial charge is 0.325 e. The number of hydrogen-bond donors (Lipinski definition) is 2. The van der Waals surface area contributed by atoms with E-state index in [1.165, 1.54) is 0 Å². The van der Waals surface area contributed by atoms with Gasteiger partial charge in [0.15, 0.2) is 5.82 Å². The molecule has 0 atom stereocenters. The Kier molecular flexibility index (Phi) is 5.82. The topological polar surface area (TPSA) is 114 Å². The number of aromatic nitrogens is 3. The summed E-state index contributed by atoms with van der Waals surface area (Å²) in [7, 11) is 0. The van der Waals surface area contributed by atoms with Crippen molar-refractivity contribution in [2.75, 3.05) is 11.1 Å². The van der Waals surface area contributed by atoms with Crippen LogP contribution in [0.5, 0.6) is 0 Å². The molecule has 0 bridgehead atoms. The van der Waals surface area contributed by atoms with Gasteiger partial charge in [0.1, 0.15) is 0 Å². The van der Waals surface area contributed by atoms with Gasteiger partial charge < -0.3 is 5.32 Å². The Bertz CT molecular complexity index is 1040. The van der Waals surface area contributed by atoms with Crippen molar-refractivity contribution in [3.8, 4) is 11.4 Å². The Balaban J connectivity index is 1.67. The van der Waals surface area contributed by atoms with Crippen molar-refractivity contribution in [1.29, 1.82) is 0 Å². The van der Waals surface area contributed by atoms with Crippen molar-refractivity contribution in [2.24, 2.45) is 0 Å². The third kappa shape index (κ3) is 5.10. The number of halogens is 3. The first kappa shape index (κ1) is 20.3. The zero-order chi connectivity index (χ0) is 21.0. The van der Waals surface area contributed by atoms with Crippen molar-refractivity contribution in [1.82, 2.24) is 15.2 Å². The number of rotatable bonds is 6. The molecule has 29 heavy (non-hydrogen) atoms. The van der Waals surface area contributed by atoms with Crippen LogP contribution in [0.25, 0.3) is 11.4 Å². The van der Waals surface area contributed by atoms with Gasteiger partial charge in [-0.3, -0.25) is 20.0 Å². The van der Waals surface area contributed by atoms with Gasteiger partial charge in [0.25, 0.3) is 5.69 Å². The van der Waals surface area contributed by atoms with Gasteiger partial charge in [-0.2, -0.15) is 13.2 Å². The fourth-order valence-electron chi connectivity index (χ4n) is 2.34. The van der Waals surface area contributed by atoms with E-state index in [-0.39, 0.29) is 10.9 Å². The highest BCUT2D eigenvalue weighted by molar-refractivity contribution is 7.99. The SMILES string of the molecule is O=C(CSc1n[nH]c(-c2ccccc2)n1)Nc1ccc([N+](=O)[O-])cc1C(F)(F)F. The summed E-state index contributed by atoms with van der Waals surface area (Å²) < 4.78 is 39.5. The molecule has 0 saturated heterocycles. The van der Waals surface area contributed by atoms with Crippen molar-refractivity contribution >= 4 is 29.0 Å². The average molecular weight is 423 g/mol. The normalized spacial score (nSPS) is 11.3. The fraction of sp³-hybridized carbons (Fsp3) is 0.118. The summed E-state index contributed by atoms with van der Waals surface area (Å²) >= 11 is 0.930. The molecule has 0 radical (unpaired) electrons. The number of carbonyl (C=O) groups is 1. The predicted octanol–water partition coefficient (Wildman–Crippen LogP) is 4.13. The van der Waals surface area contributed by atoms with Gasteiger partial charge in [-0.25, -0.2) is 4.98 Å². The number of non-ortho nitro benzene ring substituents is 1. The lowest BCUT2D eigenvalue weighted by Gasteiger charge is -2.13. The Morgan fingerprint density at radius 2 is 1.93 bits per heavy atom. The summed E-state index contributed by atoms with van der Waals surface area (Å²) in [6, 6.07) is 11.2. The van der Waals surface area contributed by atoms with Crippen LogP contribution in [0.4, 0.5) is 24.5 Å². The van der Waals surface area contributed by atoms with E-state index in [4.69, 9.17) is 0 Å². The highest BCUT2D eigenvalue weighted by Gasteiger charge is 2.35. The van der Waals surface area contributed by atoms with Gasteiger partial charge in [0, 0.05) is 17.7 Å². The third-order valence-electron chi connectivity index (χ3n) is 3.64. The number of H-pyrrole nitrogens is 1. The van der Waals surface area contributed by atoms with Crippen LogP contribution in [0.1, 0.15) is 5.56 Å². The number of hydrogen-bond acceptors (Lipinski definition) is 6. The van der Waals surface area contributed by atoms with Gasteiger partial charge in [-0.05, 0) is 6.07 Å². The summed E-state index contributed by atoms with van der Waals surface area (Å²) in [5.74, 6) is -0.496. The number of nitrogens with zero attached hydrogens (tertiary/aromatic N) is 3. The fourth-order valence-corrected chi connectivity index (χ4v) is 2.94. The molecule has 0 aliphatic rings. The molecule has 2 aromatic carbocycles. The molecule has 0 unspecified atom stereocenters. The van der Waals surface area contributed by atoms with E-state index >= 15 is 0 Å². The van der Waals surface area contributed by atoms with Crippen LogP contribution in [0.2, 0.25) is 0 Å². The lowest BCUT2D eigenvalue weighted by Crippen LogP contribution is -2.18. The minimum atomic E-state index is -4.86. The molecule has 1 amide bonds. The van der Waals surface area contributed by atoms with Crippen LogP contribution in [-0.4, -0.2) is 31.8 Å². The second-order valence-corrected chi connectivity index (χ2v) is 6.60. The lowest BCUT2D eigenvalue weighted by molar-refractivity contribution is -0.385. The van der Waals surface area contributed by atoms with Crippen LogP contribution < -0.4 is 5.32 Å². The summed E-state index contributed by atoms with van der Waals surface area (Å²) in [5.41, 5.74) is -1.79. The first-order valence-corrected chi connectivity index (χ1v) is 8.98. The first-order valence-electron chi connectivity index (χ1n) is 8.00. The minimum absolute atomic E-state index is 0.249. The first-order chi connectivity index (χ1) is 13.7. The molecule has 0 saturated carbocycles. The van der Waals surface area contributed by atoms with Crippen molar-refractivity contribution in [3.63, 3.8) is 0 Å². The Hall–Kier alpha value is -3.41. The molecule has 0 aliphatic heterocycles. The second-order valence-electron chi connectivity index (χ2n) is 5.65. The molecule has 2 N–H and O–H groups in total. The monoisotopic (exact) mass is 423 g/mol. The summed E-state index contributed by atoms with van der Waals surface area (Å²) in [6.07, 6.45) is -4.86. The highest BCUT2D eigenvalue weighted by atomic mass is 32.2. The number of benzene rings is 2. The Morgan fingerprint density at radius 3 is 2.59 bits per heavy atom. The van der Waals surface area contributed by atoms with Crippen LogP contribution in [0.3, 0.4) is 0 Å². The number of nitro benzene ring substituents is 1. The number of alkyl halides is 3. The standard InChI is InChI=1S/C17H12F3N5O3S/c18-17(19,20)12-8-11(25(27)28)6-7-13(12)21-14(26)9-29-16-22-15(23-24-16)10-4-2-1-3-5-10/h1-8H,9H2,(H,21,26)(H,22,23,24). The number of amides is 1. The predicted molar refractivity (Wildman–Crippen MR) is 99.3 cm³/mol. The molecule has 0 spiro atoms. The van der Waals surface area contributed by atoms with Gasteiger partial charge in [0.05, 0.1) is 21.9 Å². The van der Waals surface area contributed by atoms with Gasteiger partial charge in [-0.1, -0.05) is 42.1 Å². The number of anilines is 1. The molecular formula is C17H12F3N5O3S. The molecule has 150 valence electrons. The molecule has 8 nitrogen and oxygen atoms in total. The lowest BCUT2D eigenvalue weighted by atomic mass is 10.1. The number of thioether (sulfide) groups is 1. The summed E-state index contributed by atoms with van der Waals surface area (Å²) in [4.78, 5) is 26.0. The van der Waals surface area contributed by atoms with E-state index in [0.29, 0.717) is 11.9 Å². The van der Waals surface area contributed by atoms with Crippen LogP contribution >= 0.6 is 11.8 Å². The van der Waals surface area contributed by atoms with E-state index < -0.39 is 33.9 Å². The molecule has 0 fully saturated rings. The van der Waals surface area contributed by atoms with E-state index in [2.05, 4.69) is 20.5 Å². The average Bonchev–Trinajstić information content (AvgIpc) is 3.15. The van der Waals surface area contributed by atoms with E-state index in [1.807, 2.05) is 30.3 Å². The Labute approximate surface area is 165 Å². The maximum Gasteiger partial charge on any atom is 0.418 e. The molecule has 1 heterocycles. The summed E-state index contributed by atoms with van der Waals surface area (Å²) in [6.45, 7) is 0. The largest absolute Gasteiger partial charge is 0.418 e. The van der Waals surface area contributed by atoms with Gasteiger partial charge >= 0.3 is 6.18 Å².